The fourth-order valence-corrected chi connectivity index (χ4v) is 2.74. The van der Waals surface area contributed by atoms with E-state index < -0.39 is 0 Å². The largest absolute Gasteiger partial charge is 0.496 e. The van der Waals surface area contributed by atoms with Gasteiger partial charge in [0, 0.05) is 29.0 Å². The minimum atomic E-state index is 0.360. The van der Waals surface area contributed by atoms with Crippen molar-refractivity contribution >= 4 is 11.8 Å². The molecule has 1 heterocycles. The normalized spacial score (nSPS) is 12.2. The summed E-state index contributed by atoms with van der Waals surface area (Å²) in [5.74, 6) is 1.80. The van der Waals surface area contributed by atoms with E-state index in [2.05, 4.69) is 23.0 Å². The smallest absolute Gasteiger partial charge is 0.123 e. The molecule has 2 aromatic rings. The van der Waals surface area contributed by atoms with Crippen LogP contribution in [-0.2, 0) is 5.75 Å². The Kier molecular flexibility index (Phi) is 4.80. The van der Waals surface area contributed by atoms with Crippen LogP contribution in [0.4, 0.5) is 0 Å². The highest BCUT2D eigenvalue weighted by molar-refractivity contribution is 7.98. The first kappa shape index (κ1) is 13.9. The molecule has 0 N–H and O–H groups in total. The van der Waals surface area contributed by atoms with E-state index in [1.165, 1.54) is 5.56 Å². The highest BCUT2D eigenvalue weighted by Crippen LogP contribution is 2.35. The Morgan fingerprint density at radius 1 is 1.21 bits per heavy atom. The number of benzene rings is 1. The molecule has 0 aliphatic rings. The van der Waals surface area contributed by atoms with Crippen molar-refractivity contribution in [3.63, 3.8) is 0 Å². The molecular formula is C15H18N2OS. The monoisotopic (exact) mass is 274 g/mol. The van der Waals surface area contributed by atoms with Crippen LogP contribution >= 0.6 is 11.8 Å². The van der Waals surface area contributed by atoms with Gasteiger partial charge in [-0.3, -0.25) is 9.97 Å². The van der Waals surface area contributed by atoms with Crippen LogP contribution in [0.1, 0.15) is 29.1 Å². The lowest BCUT2D eigenvalue weighted by atomic mass is 10.1. The van der Waals surface area contributed by atoms with Crippen LogP contribution in [0.25, 0.3) is 0 Å². The molecule has 2 rings (SSSR count). The van der Waals surface area contributed by atoms with Crippen LogP contribution in [0.2, 0.25) is 0 Å². The second-order valence-corrected chi connectivity index (χ2v) is 5.67. The fourth-order valence-electron chi connectivity index (χ4n) is 1.80. The standard InChI is InChI=1S/C15H18N2OS/c1-11-8-17-13(9-16-11)10-19-12(2)14-6-4-5-7-15(14)18-3/h4-9,12H,10H2,1-3H3. The Balaban J connectivity index is 2.01. The van der Waals surface area contributed by atoms with Crippen molar-refractivity contribution in [2.45, 2.75) is 24.9 Å². The topological polar surface area (TPSA) is 35.0 Å². The number of thioether (sulfide) groups is 1. The van der Waals surface area contributed by atoms with Gasteiger partial charge in [0.2, 0.25) is 0 Å². The highest BCUT2D eigenvalue weighted by atomic mass is 32.2. The average Bonchev–Trinajstić information content (AvgIpc) is 2.46. The van der Waals surface area contributed by atoms with Gasteiger partial charge in [0.15, 0.2) is 0 Å². The van der Waals surface area contributed by atoms with Crippen LogP contribution in [0.5, 0.6) is 5.75 Å². The van der Waals surface area contributed by atoms with Crippen molar-refractivity contribution in [2.24, 2.45) is 0 Å². The third-order valence-electron chi connectivity index (χ3n) is 2.89. The molecule has 1 aromatic heterocycles. The van der Waals surface area contributed by atoms with Gasteiger partial charge in [0.1, 0.15) is 5.75 Å². The van der Waals surface area contributed by atoms with Gasteiger partial charge in [-0.15, -0.1) is 11.8 Å². The maximum Gasteiger partial charge on any atom is 0.123 e. The van der Waals surface area contributed by atoms with Crippen LogP contribution in [-0.4, -0.2) is 17.1 Å². The van der Waals surface area contributed by atoms with Gasteiger partial charge >= 0.3 is 0 Å². The van der Waals surface area contributed by atoms with E-state index in [9.17, 15) is 0 Å². The number of para-hydroxylation sites is 1. The molecule has 0 fully saturated rings. The quantitative estimate of drug-likeness (QED) is 0.831. The number of nitrogens with zero attached hydrogens (tertiary/aromatic N) is 2. The first-order valence-corrected chi connectivity index (χ1v) is 7.27. The molecule has 0 saturated carbocycles. The lowest BCUT2D eigenvalue weighted by molar-refractivity contribution is 0.410. The van der Waals surface area contributed by atoms with Crippen molar-refractivity contribution < 1.29 is 4.74 Å². The summed E-state index contributed by atoms with van der Waals surface area (Å²) in [5.41, 5.74) is 3.18. The molecule has 1 atom stereocenters. The molecule has 0 amide bonds. The number of hydrogen-bond acceptors (Lipinski definition) is 4. The van der Waals surface area contributed by atoms with Crippen LogP contribution in [0.3, 0.4) is 0 Å². The Hall–Kier alpha value is -1.55. The number of ether oxygens (including phenoxy) is 1. The van der Waals surface area contributed by atoms with Gasteiger partial charge in [-0.25, -0.2) is 0 Å². The van der Waals surface area contributed by atoms with E-state index in [1.807, 2.05) is 49.3 Å². The second-order valence-electron chi connectivity index (χ2n) is 4.34. The molecule has 0 aliphatic heterocycles. The fraction of sp³-hybridized carbons (Fsp3) is 0.333. The maximum atomic E-state index is 5.39. The summed E-state index contributed by atoms with van der Waals surface area (Å²) in [6.45, 7) is 4.13. The Morgan fingerprint density at radius 3 is 2.68 bits per heavy atom. The van der Waals surface area contributed by atoms with Gasteiger partial charge in [0.05, 0.1) is 18.5 Å². The number of aryl methyl sites for hydroxylation is 1. The molecule has 4 heteroatoms. The van der Waals surface area contributed by atoms with E-state index >= 15 is 0 Å². The molecule has 0 aliphatic carbocycles. The average molecular weight is 274 g/mol. The molecule has 0 radical (unpaired) electrons. The molecule has 0 bridgehead atoms. The van der Waals surface area contributed by atoms with Crippen molar-refractivity contribution in [3.8, 4) is 5.75 Å². The number of hydrogen-bond donors (Lipinski definition) is 0. The third-order valence-corrected chi connectivity index (χ3v) is 4.11. The molecule has 1 unspecified atom stereocenters. The maximum absolute atomic E-state index is 5.39. The van der Waals surface area contributed by atoms with Gasteiger partial charge in [0.25, 0.3) is 0 Å². The Morgan fingerprint density at radius 2 is 2.00 bits per heavy atom. The van der Waals surface area contributed by atoms with Crippen molar-refractivity contribution in [2.75, 3.05) is 7.11 Å². The van der Waals surface area contributed by atoms with Gasteiger partial charge in [-0.1, -0.05) is 18.2 Å². The van der Waals surface area contributed by atoms with Crippen molar-refractivity contribution in [1.29, 1.82) is 0 Å². The summed E-state index contributed by atoms with van der Waals surface area (Å²) in [5, 5.41) is 0.360. The lowest BCUT2D eigenvalue weighted by Crippen LogP contribution is -1.96. The van der Waals surface area contributed by atoms with Crippen LogP contribution < -0.4 is 4.74 Å². The van der Waals surface area contributed by atoms with E-state index in [-0.39, 0.29) is 0 Å². The molecule has 3 nitrogen and oxygen atoms in total. The predicted octanol–water partition coefficient (Wildman–Crippen LogP) is 3.79. The van der Waals surface area contributed by atoms with Crippen molar-refractivity contribution in [1.82, 2.24) is 9.97 Å². The van der Waals surface area contributed by atoms with Crippen molar-refractivity contribution in [3.05, 3.63) is 53.6 Å². The van der Waals surface area contributed by atoms with E-state index in [4.69, 9.17) is 4.74 Å². The number of rotatable bonds is 5. The first-order chi connectivity index (χ1) is 9.20. The lowest BCUT2D eigenvalue weighted by Gasteiger charge is -2.14. The minimum absolute atomic E-state index is 0.360. The molecule has 19 heavy (non-hydrogen) atoms. The molecule has 0 spiro atoms. The van der Waals surface area contributed by atoms with E-state index in [1.54, 1.807) is 7.11 Å². The van der Waals surface area contributed by atoms with Crippen LogP contribution in [0, 0.1) is 6.92 Å². The predicted molar refractivity (Wildman–Crippen MR) is 79.5 cm³/mol. The number of aromatic nitrogens is 2. The van der Waals surface area contributed by atoms with Crippen LogP contribution in [0.15, 0.2) is 36.7 Å². The zero-order valence-corrected chi connectivity index (χ0v) is 12.3. The first-order valence-electron chi connectivity index (χ1n) is 6.22. The number of methoxy groups -OCH3 is 1. The Bertz CT molecular complexity index is 528. The SMILES string of the molecule is COc1ccccc1C(C)SCc1cnc(C)cn1. The van der Waals surface area contributed by atoms with E-state index in [0.29, 0.717) is 5.25 Å². The highest BCUT2D eigenvalue weighted by Gasteiger charge is 2.11. The summed E-state index contributed by atoms with van der Waals surface area (Å²) in [6, 6.07) is 8.14. The second kappa shape index (κ2) is 6.57. The molecule has 0 saturated heterocycles. The van der Waals surface area contributed by atoms with Gasteiger partial charge in [-0.2, -0.15) is 0 Å². The summed E-state index contributed by atoms with van der Waals surface area (Å²) < 4.78 is 5.39. The summed E-state index contributed by atoms with van der Waals surface area (Å²) >= 11 is 1.84. The molecule has 1 aromatic carbocycles. The Labute approximate surface area is 118 Å². The minimum Gasteiger partial charge on any atom is -0.496 e. The molecule has 100 valence electrons. The zero-order chi connectivity index (χ0) is 13.7. The summed E-state index contributed by atoms with van der Waals surface area (Å²) in [7, 11) is 1.71. The molecular weight excluding hydrogens is 256 g/mol. The van der Waals surface area contributed by atoms with E-state index in [0.717, 1.165) is 22.9 Å². The summed E-state index contributed by atoms with van der Waals surface area (Å²) in [6.07, 6.45) is 3.65. The van der Waals surface area contributed by atoms with Gasteiger partial charge in [-0.05, 0) is 19.9 Å². The summed E-state index contributed by atoms with van der Waals surface area (Å²) in [4.78, 5) is 8.63. The zero-order valence-electron chi connectivity index (χ0n) is 11.5. The van der Waals surface area contributed by atoms with Gasteiger partial charge < -0.3 is 4.74 Å². The third kappa shape index (κ3) is 3.70.